The van der Waals surface area contributed by atoms with Crippen LogP contribution in [-0.2, 0) is 6.54 Å². The number of benzene rings is 1. The molecule has 0 bridgehead atoms. The largest absolute Gasteiger partial charge is 0.387 e. The first-order chi connectivity index (χ1) is 7.66. The highest BCUT2D eigenvalue weighted by atomic mass is 19.1. The molecule has 0 aliphatic carbocycles. The van der Waals surface area contributed by atoms with Gasteiger partial charge in [-0.3, -0.25) is 0 Å². The van der Waals surface area contributed by atoms with Crippen molar-refractivity contribution in [1.29, 1.82) is 0 Å². The van der Waals surface area contributed by atoms with Crippen molar-refractivity contribution in [2.24, 2.45) is 0 Å². The lowest BCUT2D eigenvalue weighted by Gasteiger charge is -2.13. The number of hydrogen-bond donors (Lipinski definition) is 1. The van der Waals surface area contributed by atoms with Crippen LogP contribution in [0.5, 0.6) is 0 Å². The molecule has 1 heterocycles. The fourth-order valence-electron chi connectivity index (χ4n) is 1.63. The number of aromatic nitrogens is 3. The Bertz CT molecular complexity index is 470. The van der Waals surface area contributed by atoms with E-state index >= 15 is 0 Å². The van der Waals surface area contributed by atoms with Gasteiger partial charge in [-0.15, -0.1) is 10.2 Å². The fourth-order valence-corrected chi connectivity index (χ4v) is 1.63. The van der Waals surface area contributed by atoms with Crippen molar-refractivity contribution in [1.82, 2.24) is 14.8 Å². The summed E-state index contributed by atoms with van der Waals surface area (Å²) in [7, 11) is 0. The van der Waals surface area contributed by atoms with E-state index in [-0.39, 0.29) is 5.82 Å². The van der Waals surface area contributed by atoms with Crippen molar-refractivity contribution in [2.45, 2.75) is 19.6 Å². The zero-order valence-electron chi connectivity index (χ0n) is 8.84. The van der Waals surface area contributed by atoms with Crippen LogP contribution in [0.1, 0.15) is 17.2 Å². The highest BCUT2D eigenvalue weighted by Crippen LogP contribution is 2.19. The third kappa shape index (κ3) is 2.25. The Labute approximate surface area is 92.4 Å². The molecule has 0 spiro atoms. The first-order valence-corrected chi connectivity index (χ1v) is 4.93. The monoisotopic (exact) mass is 221 g/mol. The molecule has 1 unspecified atom stereocenters. The predicted octanol–water partition coefficient (Wildman–Crippen LogP) is 1.46. The lowest BCUT2D eigenvalue weighted by atomic mass is 10.0. The average Bonchev–Trinajstić information content (AvgIpc) is 2.70. The molecule has 0 aliphatic heterocycles. The van der Waals surface area contributed by atoms with Crippen molar-refractivity contribution in [3.63, 3.8) is 0 Å². The third-order valence-electron chi connectivity index (χ3n) is 2.44. The maximum absolute atomic E-state index is 12.9. The van der Waals surface area contributed by atoms with Crippen molar-refractivity contribution >= 4 is 0 Å². The zero-order chi connectivity index (χ0) is 11.5. The molecular formula is C11H12FN3O. The van der Waals surface area contributed by atoms with E-state index in [1.165, 1.54) is 24.8 Å². The van der Waals surface area contributed by atoms with Gasteiger partial charge in [-0.05, 0) is 30.2 Å². The number of aryl methyl sites for hydroxylation is 1. The summed E-state index contributed by atoms with van der Waals surface area (Å²) in [6.07, 6.45) is 2.38. The number of aliphatic hydroxyl groups is 1. The lowest BCUT2D eigenvalue weighted by molar-refractivity contribution is 0.155. The first kappa shape index (κ1) is 10.8. The summed E-state index contributed by atoms with van der Waals surface area (Å²) in [5.74, 6) is -0.294. The van der Waals surface area contributed by atoms with E-state index in [0.29, 0.717) is 6.54 Å². The van der Waals surface area contributed by atoms with E-state index in [1.807, 2.05) is 0 Å². The van der Waals surface area contributed by atoms with Gasteiger partial charge in [-0.2, -0.15) is 0 Å². The van der Waals surface area contributed by atoms with E-state index < -0.39 is 6.10 Å². The van der Waals surface area contributed by atoms with Crippen LogP contribution in [0.15, 0.2) is 30.9 Å². The molecule has 16 heavy (non-hydrogen) atoms. The van der Waals surface area contributed by atoms with Crippen LogP contribution in [0, 0.1) is 12.7 Å². The second kappa shape index (κ2) is 4.40. The Morgan fingerprint density at radius 2 is 2.06 bits per heavy atom. The molecule has 0 radical (unpaired) electrons. The van der Waals surface area contributed by atoms with Crippen LogP contribution >= 0.6 is 0 Å². The maximum atomic E-state index is 12.9. The van der Waals surface area contributed by atoms with E-state index in [0.717, 1.165) is 11.1 Å². The summed E-state index contributed by atoms with van der Waals surface area (Å²) in [6.45, 7) is 2.13. The van der Waals surface area contributed by atoms with Gasteiger partial charge in [0.25, 0.3) is 0 Å². The number of hydrogen-bond acceptors (Lipinski definition) is 3. The average molecular weight is 221 g/mol. The zero-order valence-corrected chi connectivity index (χ0v) is 8.84. The minimum absolute atomic E-state index is 0.294. The van der Waals surface area contributed by atoms with E-state index in [9.17, 15) is 9.50 Å². The number of rotatable bonds is 3. The summed E-state index contributed by atoms with van der Waals surface area (Å²) >= 11 is 0. The third-order valence-corrected chi connectivity index (χ3v) is 2.44. The quantitative estimate of drug-likeness (QED) is 0.853. The second-order valence-corrected chi connectivity index (χ2v) is 3.68. The molecule has 1 aromatic carbocycles. The normalized spacial score (nSPS) is 12.7. The Kier molecular flexibility index (Phi) is 2.96. The van der Waals surface area contributed by atoms with Gasteiger partial charge >= 0.3 is 0 Å². The molecule has 1 aromatic heterocycles. The Morgan fingerprint density at radius 1 is 1.38 bits per heavy atom. The van der Waals surface area contributed by atoms with Crippen LogP contribution in [0.3, 0.4) is 0 Å². The van der Waals surface area contributed by atoms with Crippen LogP contribution in [0.25, 0.3) is 0 Å². The summed E-state index contributed by atoms with van der Waals surface area (Å²) in [6, 6.07) is 4.35. The Balaban J connectivity index is 2.17. The van der Waals surface area contributed by atoms with Crippen LogP contribution in [-0.4, -0.2) is 19.9 Å². The first-order valence-electron chi connectivity index (χ1n) is 4.93. The highest BCUT2D eigenvalue weighted by molar-refractivity contribution is 5.28. The smallest absolute Gasteiger partial charge is 0.123 e. The Hall–Kier alpha value is -1.75. The molecule has 1 atom stereocenters. The Morgan fingerprint density at radius 3 is 2.69 bits per heavy atom. The molecule has 0 aliphatic rings. The second-order valence-electron chi connectivity index (χ2n) is 3.68. The van der Waals surface area contributed by atoms with Gasteiger partial charge in [0.1, 0.15) is 18.5 Å². The topological polar surface area (TPSA) is 50.9 Å². The van der Waals surface area contributed by atoms with Crippen LogP contribution in [0.2, 0.25) is 0 Å². The van der Waals surface area contributed by atoms with Crippen molar-refractivity contribution < 1.29 is 9.50 Å². The molecule has 5 heteroatoms. The molecule has 4 nitrogen and oxygen atoms in total. The van der Waals surface area contributed by atoms with E-state index in [2.05, 4.69) is 10.2 Å². The van der Waals surface area contributed by atoms with Crippen LogP contribution < -0.4 is 0 Å². The molecule has 0 saturated carbocycles. The molecule has 2 rings (SSSR count). The highest BCUT2D eigenvalue weighted by Gasteiger charge is 2.11. The number of nitrogens with zero attached hydrogens (tertiary/aromatic N) is 3. The van der Waals surface area contributed by atoms with Gasteiger partial charge in [-0.25, -0.2) is 4.39 Å². The summed E-state index contributed by atoms with van der Waals surface area (Å²) in [5.41, 5.74) is 1.45. The molecule has 0 saturated heterocycles. The van der Waals surface area contributed by atoms with Crippen LogP contribution in [0.4, 0.5) is 4.39 Å². The van der Waals surface area contributed by atoms with E-state index in [4.69, 9.17) is 0 Å². The van der Waals surface area contributed by atoms with Gasteiger partial charge in [0.2, 0.25) is 0 Å². The van der Waals surface area contributed by atoms with Crippen molar-refractivity contribution in [3.05, 3.63) is 47.8 Å². The summed E-state index contributed by atoms with van der Waals surface area (Å²) < 4.78 is 14.6. The summed E-state index contributed by atoms with van der Waals surface area (Å²) in [5, 5.41) is 17.3. The molecule has 0 fully saturated rings. The number of aliphatic hydroxyl groups excluding tert-OH is 1. The fraction of sp³-hybridized carbons (Fsp3) is 0.273. The SMILES string of the molecule is Cc1cc(F)ccc1C(O)Cn1cnnc1. The maximum Gasteiger partial charge on any atom is 0.123 e. The van der Waals surface area contributed by atoms with Gasteiger partial charge in [0.15, 0.2) is 0 Å². The standard InChI is InChI=1S/C11H12FN3O/c1-8-4-9(12)2-3-10(8)11(16)5-15-6-13-14-7-15/h2-4,6-7,11,16H,5H2,1H3. The van der Waals surface area contributed by atoms with Crippen molar-refractivity contribution in [3.8, 4) is 0 Å². The van der Waals surface area contributed by atoms with Crippen molar-refractivity contribution in [2.75, 3.05) is 0 Å². The lowest BCUT2D eigenvalue weighted by Crippen LogP contribution is -2.08. The van der Waals surface area contributed by atoms with Gasteiger partial charge in [-0.1, -0.05) is 6.07 Å². The molecular weight excluding hydrogens is 209 g/mol. The molecule has 84 valence electrons. The predicted molar refractivity (Wildman–Crippen MR) is 56.1 cm³/mol. The minimum Gasteiger partial charge on any atom is -0.387 e. The minimum atomic E-state index is -0.684. The molecule has 2 aromatic rings. The molecule has 0 amide bonds. The van der Waals surface area contributed by atoms with Gasteiger partial charge in [0.05, 0.1) is 12.6 Å². The number of halogens is 1. The molecule has 1 N–H and O–H groups in total. The summed E-state index contributed by atoms with van der Waals surface area (Å²) in [4.78, 5) is 0. The van der Waals surface area contributed by atoms with Gasteiger partial charge < -0.3 is 9.67 Å². The van der Waals surface area contributed by atoms with E-state index in [1.54, 1.807) is 17.6 Å². The van der Waals surface area contributed by atoms with Gasteiger partial charge in [0, 0.05) is 0 Å².